The van der Waals surface area contributed by atoms with Gasteiger partial charge in [-0.2, -0.15) is 5.10 Å². The summed E-state index contributed by atoms with van der Waals surface area (Å²) in [5.74, 6) is 1.32. The van der Waals surface area contributed by atoms with Crippen LogP contribution < -0.4 is 15.2 Å². The van der Waals surface area contributed by atoms with E-state index in [1.807, 2.05) is 36.7 Å². The van der Waals surface area contributed by atoms with E-state index in [9.17, 15) is 0 Å². The van der Waals surface area contributed by atoms with Gasteiger partial charge >= 0.3 is 0 Å². The van der Waals surface area contributed by atoms with E-state index in [1.165, 1.54) is 0 Å². The number of methoxy groups -OCH3 is 2. The van der Waals surface area contributed by atoms with Crippen LogP contribution in [0.2, 0.25) is 5.02 Å². The van der Waals surface area contributed by atoms with Crippen molar-refractivity contribution in [2.75, 3.05) is 14.2 Å². The third-order valence-corrected chi connectivity index (χ3v) is 3.64. The molecule has 1 aromatic carbocycles. The zero-order valence-electron chi connectivity index (χ0n) is 12.6. The van der Waals surface area contributed by atoms with Crippen molar-refractivity contribution in [2.24, 2.45) is 5.73 Å². The van der Waals surface area contributed by atoms with E-state index in [2.05, 4.69) is 5.10 Å². The summed E-state index contributed by atoms with van der Waals surface area (Å²) in [4.78, 5) is 0. The fourth-order valence-corrected chi connectivity index (χ4v) is 2.62. The van der Waals surface area contributed by atoms with Gasteiger partial charge in [0.15, 0.2) is 0 Å². The summed E-state index contributed by atoms with van der Waals surface area (Å²) in [5.41, 5.74) is 7.95. The number of nitrogens with two attached hydrogens (primary N) is 1. The maximum Gasteiger partial charge on any atom is 0.127 e. The van der Waals surface area contributed by atoms with Crippen LogP contribution in [0.5, 0.6) is 11.5 Å². The molecule has 114 valence electrons. The minimum Gasteiger partial charge on any atom is -0.496 e. The second-order valence-electron chi connectivity index (χ2n) is 4.97. The Balaban J connectivity index is 2.60. The van der Waals surface area contributed by atoms with E-state index in [-0.39, 0.29) is 6.04 Å². The summed E-state index contributed by atoms with van der Waals surface area (Å²) in [7, 11) is 3.21. The van der Waals surface area contributed by atoms with E-state index in [4.69, 9.17) is 26.8 Å². The maximum absolute atomic E-state index is 6.45. The predicted molar refractivity (Wildman–Crippen MR) is 83.2 cm³/mol. The molecular formula is C15H20ClN3O2. The topological polar surface area (TPSA) is 62.3 Å². The summed E-state index contributed by atoms with van der Waals surface area (Å²) < 4.78 is 12.6. The molecule has 0 spiro atoms. The first-order valence-electron chi connectivity index (χ1n) is 6.70. The van der Waals surface area contributed by atoms with Gasteiger partial charge in [-0.1, -0.05) is 17.7 Å². The van der Waals surface area contributed by atoms with Crippen LogP contribution in [0.4, 0.5) is 0 Å². The lowest BCUT2D eigenvalue weighted by atomic mass is 10.0. The van der Waals surface area contributed by atoms with Crippen LogP contribution in [-0.2, 0) is 0 Å². The Labute approximate surface area is 129 Å². The molecule has 0 bridgehead atoms. The Morgan fingerprint density at radius 2 is 1.76 bits per heavy atom. The van der Waals surface area contributed by atoms with Gasteiger partial charge in [0.05, 0.1) is 42.7 Å². The van der Waals surface area contributed by atoms with Gasteiger partial charge in [0.2, 0.25) is 0 Å². The normalized spacial score (nSPS) is 12.5. The smallest absolute Gasteiger partial charge is 0.127 e. The highest BCUT2D eigenvalue weighted by molar-refractivity contribution is 6.31. The number of rotatable bonds is 5. The first-order valence-corrected chi connectivity index (χ1v) is 7.08. The molecule has 2 N–H and O–H groups in total. The highest BCUT2D eigenvalue weighted by Gasteiger charge is 2.25. The summed E-state index contributed by atoms with van der Waals surface area (Å²) in [6.45, 7) is 4.05. The minimum atomic E-state index is -0.492. The van der Waals surface area contributed by atoms with Crippen LogP contribution in [0.3, 0.4) is 0 Å². The Morgan fingerprint density at radius 1 is 1.19 bits per heavy atom. The standard InChI is InChI=1S/C15H20ClN3O2/c1-9(2)19-15(10(16)8-18-19)14(17)13-11(20-3)6-5-7-12(13)21-4/h5-9,14H,17H2,1-4H3. The average Bonchev–Trinajstić information content (AvgIpc) is 2.87. The number of benzene rings is 1. The lowest BCUT2D eigenvalue weighted by molar-refractivity contribution is 0.380. The first kappa shape index (κ1) is 15.7. The van der Waals surface area contributed by atoms with Gasteiger partial charge in [-0.3, -0.25) is 4.68 Å². The second-order valence-corrected chi connectivity index (χ2v) is 5.38. The van der Waals surface area contributed by atoms with Crippen LogP contribution in [0.25, 0.3) is 0 Å². The molecule has 0 saturated carbocycles. The number of hydrogen-bond acceptors (Lipinski definition) is 4. The van der Waals surface area contributed by atoms with Crippen molar-refractivity contribution < 1.29 is 9.47 Å². The Bertz CT molecular complexity index is 603. The van der Waals surface area contributed by atoms with Crippen molar-refractivity contribution in [1.82, 2.24) is 9.78 Å². The fourth-order valence-electron chi connectivity index (χ4n) is 2.38. The number of hydrogen-bond donors (Lipinski definition) is 1. The summed E-state index contributed by atoms with van der Waals surface area (Å²) in [6, 6.07) is 5.21. The lowest BCUT2D eigenvalue weighted by Crippen LogP contribution is -2.20. The maximum atomic E-state index is 6.45. The van der Waals surface area contributed by atoms with Crippen LogP contribution >= 0.6 is 11.6 Å². The van der Waals surface area contributed by atoms with Crippen molar-refractivity contribution in [2.45, 2.75) is 25.9 Å². The molecule has 1 atom stereocenters. The monoisotopic (exact) mass is 309 g/mol. The van der Waals surface area contributed by atoms with Gasteiger partial charge in [-0.05, 0) is 26.0 Å². The molecule has 1 aromatic heterocycles. The van der Waals surface area contributed by atoms with Crippen LogP contribution in [-0.4, -0.2) is 24.0 Å². The molecule has 0 saturated heterocycles. The van der Waals surface area contributed by atoms with Crippen LogP contribution in [0.15, 0.2) is 24.4 Å². The molecule has 1 heterocycles. The van der Waals surface area contributed by atoms with E-state index >= 15 is 0 Å². The van der Waals surface area contributed by atoms with E-state index in [0.717, 1.165) is 11.3 Å². The van der Waals surface area contributed by atoms with Crippen molar-refractivity contribution in [3.05, 3.63) is 40.7 Å². The fraction of sp³-hybridized carbons (Fsp3) is 0.400. The van der Waals surface area contributed by atoms with Gasteiger partial charge in [0.25, 0.3) is 0 Å². The lowest BCUT2D eigenvalue weighted by Gasteiger charge is -2.21. The molecule has 0 aliphatic carbocycles. The van der Waals surface area contributed by atoms with Gasteiger partial charge < -0.3 is 15.2 Å². The quantitative estimate of drug-likeness (QED) is 0.921. The van der Waals surface area contributed by atoms with E-state index in [1.54, 1.807) is 20.4 Å². The van der Waals surface area contributed by atoms with Crippen molar-refractivity contribution in [1.29, 1.82) is 0 Å². The molecule has 2 rings (SSSR count). The molecule has 1 unspecified atom stereocenters. The molecule has 0 aliphatic rings. The molecule has 5 nitrogen and oxygen atoms in total. The van der Waals surface area contributed by atoms with Gasteiger partial charge in [0, 0.05) is 6.04 Å². The second kappa shape index (κ2) is 6.37. The summed E-state index contributed by atoms with van der Waals surface area (Å²) in [5, 5.41) is 4.83. The largest absolute Gasteiger partial charge is 0.496 e. The Kier molecular flexibility index (Phi) is 4.75. The average molecular weight is 310 g/mol. The molecule has 6 heteroatoms. The molecule has 0 aliphatic heterocycles. The van der Waals surface area contributed by atoms with E-state index in [0.29, 0.717) is 16.5 Å². The Morgan fingerprint density at radius 3 is 2.24 bits per heavy atom. The predicted octanol–water partition coefficient (Wildman–Crippen LogP) is 3.18. The highest BCUT2D eigenvalue weighted by Crippen LogP contribution is 2.38. The SMILES string of the molecule is COc1cccc(OC)c1C(N)c1c(Cl)cnn1C(C)C. The van der Waals surface area contributed by atoms with Crippen molar-refractivity contribution in [3.8, 4) is 11.5 Å². The molecule has 0 amide bonds. The van der Waals surface area contributed by atoms with Gasteiger partial charge in [-0.15, -0.1) is 0 Å². The third kappa shape index (κ3) is 2.84. The number of ether oxygens (including phenoxy) is 2. The van der Waals surface area contributed by atoms with Gasteiger partial charge in [0.1, 0.15) is 11.5 Å². The molecular weight excluding hydrogens is 290 g/mol. The zero-order chi connectivity index (χ0) is 15.6. The Hall–Kier alpha value is -1.72. The van der Waals surface area contributed by atoms with Crippen LogP contribution in [0, 0.1) is 0 Å². The first-order chi connectivity index (χ1) is 10.0. The van der Waals surface area contributed by atoms with Crippen molar-refractivity contribution >= 4 is 11.6 Å². The van der Waals surface area contributed by atoms with E-state index < -0.39 is 6.04 Å². The van der Waals surface area contributed by atoms with Crippen LogP contribution in [0.1, 0.15) is 37.2 Å². The number of aromatic nitrogens is 2. The molecule has 2 aromatic rings. The highest BCUT2D eigenvalue weighted by atomic mass is 35.5. The number of halogens is 1. The summed E-state index contributed by atoms with van der Waals surface area (Å²) in [6.07, 6.45) is 1.61. The molecule has 0 fully saturated rings. The van der Waals surface area contributed by atoms with Crippen molar-refractivity contribution in [3.63, 3.8) is 0 Å². The molecule has 21 heavy (non-hydrogen) atoms. The minimum absolute atomic E-state index is 0.152. The summed E-state index contributed by atoms with van der Waals surface area (Å²) >= 11 is 6.28. The van der Waals surface area contributed by atoms with Gasteiger partial charge in [-0.25, -0.2) is 0 Å². The zero-order valence-corrected chi connectivity index (χ0v) is 13.4. The third-order valence-electron chi connectivity index (χ3n) is 3.35. The number of nitrogens with zero attached hydrogens (tertiary/aromatic N) is 2. The molecule has 0 radical (unpaired) electrons.